The van der Waals surface area contributed by atoms with Crippen molar-refractivity contribution in [1.29, 1.82) is 0 Å². The Kier molecular flexibility index (Phi) is 6.81. The average molecular weight is 516 g/mol. The summed E-state index contributed by atoms with van der Waals surface area (Å²) in [6, 6.07) is 3.58. The van der Waals surface area contributed by atoms with Crippen molar-refractivity contribution in [3.05, 3.63) is 29.6 Å². The number of carbonyl (C=O) groups excluding carboxylic acids is 3. The zero-order valence-corrected chi connectivity index (χ0v) is 21.8. The molecule has 6 atom stereocenters. The van der Waals surface area contributed by atoms with Crippen LogP contribution in [-0.2, 0) is 20.7 Å². The Morgan fingerprint density at radius 2 is 1.97 bits per heavy atom. The normalized spacial score (nSPS) is 29.4. The smallest absolute Gasteiger partial charge is 0.411 e. The minimum absolute atomic E-state index is 0.00323. The molecule has 10 heteroatoms. The predicted molar refractivity (Wildman–Crippen MR) is 136 cm³/mol. The SMILES string of the molecule is CC(C)(C)OC(=O)N1C2CCC(C2)C1C(=O)N[C@@H](Cc1ccc(N2CC3CCNC3C2)cc1F)C(N)=O. The van der Waals surface area contributed by atoms with Gasteiger partial charge < -0.3 is 26.0 Å². The van der Waals surface area contributed by atoms with Gasteiger partial charge in [0, 0.05) is 37.3 Å². The number of rotatable bonds is 6. The summed E-state index contributed by atoms with van der Waals surface area (Å²) in [5.74, 6) is -1.05. The summed E-state index contributed by atoms with van der Waals surface area (Å²) >= 11 is 0. The predicted octanol–water partition coefficient (Wildman–Crippen LogP) is 1.92. The maximum atomic E-state index is 15.1. The third-order valence-electron chi connectivity index (χ3n) is 8.31. The van der Waals surface area contributed by atoms with Crippen LogP contribution in [0.2, 0.25) is 0 Å². The van der Waals surface area contributed by atoms with E-state index in [4.69, 9.17) is 10.5 Å². The van der Waals surface area contributed by atoms with Crippen molar-refractivity contribution in [2.45, 2.75) is 82.6 Å². The summed E-state index contributed by atoms with van der Waals surface area (Å²) in [6.07, 6.45) is 2.91. The number of nitrogens with one attached hydrogen (secondary N) is 2. The second-order valence-corrected chi connectivity index (χ2v) is 12.0. The molecule has 4 N–H and O–H groups in total. The quantitative estimate of drug-likeness (QED) is 0.533. The molecule has 2 bridgehead atoms. The van der Waals surface area contributed by atoms with Gasteiger partial charge in [0.2, 0.25) is 11.8 Å². The number of ether oxygens (including phenoxy) is 1. The topological polar surface area (TPSA) is 117 Å². The van der Waals surface area contributed by atoms with Crippen molar-refractivity contribution in [2.75, 3.05) is 24.5 Å². The molecule has 5 rings (SSSR count). The van der Waals surface area contributed by atoms with E-state index in [2.05, 4.69) is 15.5 Å². The summed E-state index contributed by atoms with van der Waals surface area (Å²) < 4.78 is 20.7. The van der Waals surface area contributed by atoms with Crippen LogP contribution in [0, 0.1) is 17.7 Å². The van der Waals surface area contributed by atoms with Gasteiger partial charge in [-0.05, 0) is 82.5 Å². The van der Waals surface area contributed by atoms with E-state index in [1.54, 1.807) is 26.8 Å². The second kappa shape index (κ2) is 9.78. The molecule has 3 aliphatic heterocycles. The molecule has 1 aliphatic carbocycles. The molecular weight excluding hydrogens is 477 g/mol. The second-order valence-electron chi connectivity index (χ2n) is 12.0. The summed E-state index contributed by atoms with van der Waals surface area (Å²) in [4.78, 5) is 42.2. The minimum atomic E-state index is -1.09. The number of benzene rings is 1. The number of primary amides is 1. The lowest BCUT2D eigenvalue weighted by Gasteiger charge is -2.36. The van der Waals surface area contributed by atoms with Crippen molar-refractivity contribution < 1.29 is 23.5 Å². The van der Waals surface area contributed by atoms with Gasteiger partial charge in [-0.25, -0.2) is 9.18 Å². The van der Waals surface area contributed by atoms with Gasteiger partial charge in [0.1, 0.15) is 23.5 Å². The number of nitrogens with two attached hydrogens (primary N) is 1. The van der Waals surface area contributed by atoms with E-state index in [1.165, 1.54) is 11.0 Å². The van der Waals surface area contributed by atoms with Gasteiger partial charge in [0.05, 0.1) is 0 Å². The largest absolute Gasteiger partial charge is 0.444 e. The first-order valence-corrected chi connectivity index (χ1v) is 13.4. The van der Waals surface area contributed by atoms with E-state index >= 15 is 4.39 Å². The van der Waals surface area contributed by atoms with Crippen LogP contribution in [0.4, 0.5) is 14.9 Å². The summed E-state index contributed by atoms with van der Waals surface area (Å²) in [5.41, 5.74) is 6.05. The lowest BCUT2D eigenvalue weighted by molar-refractivity contribution is -0.132. The standard InChI is InChI=1S/C27H38FN5O4/c1-27(2,3)37-26(36)33-19-7-5-16(10-19)23(33)25(35)31-21(24(29)34)11-15-4-6-18(12-20(15)28)32-13-17-8-9-30-22(17)14-32/h4,6,12,16-17,19,21-23,30H,5,7-11,13-14H2,1-3H3,(H2,29,34)(H,31,35)/t16?,17?,19?,21-,22?,23?/m0/s1. The Hall–Kier alpha value is -2.88. The zero-order valence-electron chi connectivity index (χ0n) is 21.8. The Morgan fingerprint density at radius 1 is 1.19 bits per heavy atom. The van der Waals surface area contributed by atoms with Crippen LogP contribution in [0.5, 0.6) is 0 Å². The number of piperidine rings is 1. The number of anilines is 1. The van der Waals surface area contributed by atoms with Crippen molar-refractivity contribution in [1.82, 2.24) is 15.5 Å². The summed E-state index contributed by atoms with van der Waals surface area (Å²) in [6.45, 7) is 8.13. The number of hydrogen-bond donors (Lipinski definition) is 3. The first-order chi connectivity index (χ1) is 17.5. The lowest BCUT2D eigenvalue weighted by atomic mass is 9.97. The molecule has 0 radical (unpaired) electrons. The highest BCUT2D eigenvalue weighted by molar-refractivity contribution is 5.91. The van der Waals surface area contributed by atoms with Crippen molar-refractivity contribution in [3.8, 4) is 0 Å². The molecule has 9 nitrogen and oxygen atoms in total. The lowest BCUT2D eigenvalue weighted by Crippen LogP contribution is -2.57. The Morgan fingerprint density at radius 3 is 2.65 bits per heavy atom. The Labute approximate surface area is 217 Å². The number of carbonyl (C=O) groups is 3. The zero-order chi connectivity index (χ0) is 26.5. The molecule has 37 heavy (non-hydrogen) atoms. The number of likely N-dealkylation sites (tertiary alicyclic amines) is 1. The molecule has 0 spiro atoms. The molecule has 3 heterocycles. The fourth-order valence-corrected chi connectivity index (χ4v) is 6.56. The van der Waals surface area contributed by atoms with Gasteiger partial charge in [-0.15, -0.1) is 0 Å². The summed E-state index contributed by atoms with van der Waals surface area (Å²) in [7, 11) is 0. The van der Waals surface area contributed by atoms with E-state index in [0.29, 0.717) is 17.5 Å². The van der Waals surface area contributed by atoms with Crippen molar-refractivity contribution in [3.63, 3.8) is 0 Å². The van der Waals surface area contributed by atoms with Crippen LogP contribution < -0.4 is 21.3 Å². The first-order valence-electron chi connectivity index (χ1n) is 13.4. The molecule has 202 valence electrons. The monoisotopic (exact) mass is 515 g/mol. The molecule has 3 saturated heterocycles. The van der Waals surface area contributed by atoms with Gasteiger partial charge in [0.25, 0.3) is 0 Å². The maximum Gasteiger partial charge on any atom is 0.411 e. The van der Waals surface area contributed by atoms with Crippen LogP contribution >= 0.6 is 0 Å². The fourth-order valence-electron chi connectivity index (χ4n) is 6.56. The van der Waals surface area contributed by atoms with Crippen molar-refractivity contribution in [2.24, 2.45) is 17.6 Å². The van der Waals surface area contributed by atoms with E-state index < -0.39 is 41.4 Å². The summed E-state index contributed by atoms with van der Waals surface area (Å²) in [5, 5.41) is 6.21. The highest BCUT2D eigenvalue weighted by Gasteiger charge is 2.52. The van der Waals surface area contributed by atoms with Crippen molar-refractivity contribution >= 4 is 23.6 Å². The van der Waals surface area contributed by atoms with E-state index in [0.717, 1.165) is 51.0 Å². The molecule has 0 aromatic heterocycles. The minimum Gasteiger partial charge on any atom is -0.444 e. The molecular formula is C27H38FN5O4. The molecule has 1 aromatic rings. The molecule has 4 fully saturated rings. The third-order valence-corrected chi connectivity index (χ3v) is 8.31. The fraction of sp³-hybridized carbons (Fsp3) is 0.667. The molecule has 1 aromatic carbocycles. The number of amides is 3. The third kappa shape index (κ3) is 5.26. The number of halogens is 1. The molecule has 1 saturated carbocycles. The number of hydrogen-bond acceptors (Lipinski definition) is 6. The van der Waals surface area contributed by atoms with Crippen LogP contribution in [0.1, 0.15) is 52.0 Å². The average Bonchev–Trinajstić information content (AvgIpc) is 3.58. The highest BCUT2D eigenvalue weighted by Crippen LogP contribution is 2.43. The van der Waals surface area contributed by atoms with Crippen LogP contribution in [0.15, 0.2) is 18.2 Å². The maximum absolute atomic E-state index is 15.1. The number of fused-ring (bicyclic) bond motifs is 3. The van der Waals surface area contributed by atoms with Crippen LogP contribution in [0.25, 0.3) is 0 Å². The Bertz CT molecular complexity index is 1060. The molecule has 4 aliphatic rings. The van der Waals surface area contributed by atoms with E-state index in [-0.39, 0.29) is 18.4 Å². The Balaban J connectivity index is 1.26. The first kappa shape index (κ1) is 25.8. The van der Waals surface area contributed by atoms with E-state index in [9.17, 15) is 14.4 Å². The van der Waals surface area contributed by atoms with Gasteiger partial charge in [-0.2, -0.15) is 0 Å². The van der Waals surface area contributed by atoms with Gasteiger partial charge in [-0.1, -0.05) is 6.07 Å². The highest BCUT2D eigenvalue weighted by atomic mass is 19.1. The van der Waals surface area contributed by atoms with Gasteiger partial charge >= 0.3 is 6.09 Å². The molecule has 5 unspecified atom stereocenters. The number of nitrogens with zero attached hydrogens (tertiary/aromatic N) is 2. The van der Waals surface area contributed by atoms with Gasteiger partial charge in [0.15, 0.2) is 0 Å². The molecule has 3 amide bonds. The van der Waals surface area contributed by atoms with Gasteiger partial charge in [-0.3, -0.25) is 14.5 Å². The van der Waals surface area contributed by atoms with E-state index in [1.807, 2.05) is 6.07 Å². The van der Waals surface area contributed by atoms with Crippen LogP contribution in [-0.4, -0.2) is 72.2 Å². The van der Waals surface area contributed by atoms with Crippen LogP contribution in [0.3, 0.4) is 0 Å².